The van der Waals surface area contributed by atoms with Crippen molar-refractivity contribution in [1.82, 2.24) is 5.32 Å². The average molecular weight is 181 g/mol. The molecule has 1 aliphatic carbocycles. The number of hydrogen-bond donors (Lipinski definition) is 1. The van der Waals surface area contributed by atoms with Crippen molar-refractivity contribution < 1.29 is 4.79 Å². The third kappa shape index (κ3) is 1.04. The molecule has 1 amide bonds. The highest BCUT2D eigenvalue weighted by atomic mass is 16.2. The number of hydrogen-bond acceptors (Lipinski definition) is 1. The fourth-order valence-corrected chi connectivity index (χ4v) is 3.46. The monoisotopic (exact) mass is 181 g/mol. The van der Waals surface area contributed by atoms with Gasteiger partial charge in [0.15, 0.2) is 0 Å². The topological polar surface area (TPSA) is 29.1 Å². The molecule has 0 bridgehead atoms. The van der Waals surface area contributed by atoms with Crippen LogP contribution in [0.15, 0.2) is 0 Å². The van der Waals surface area contributed by atoms with Crippen molar-refractivity contribution in [3.05, 3.63) is 0 Å². The van der Waals surface area contributed by atoms with Crippen LogP contribution in [0.25, 0.3) is 0 Å². The van der Waals surface area contributed by atoms with Gasteiger partial charge in [-0.25, -0.2) is 0 Å². The lowest BCUT2D eigenvalue weighted by Gasteiger charge is -2.55. The molecule has 1 spiro atoms. The molecular formula is C11H19NO. The molecular weight excluding hydrogens is 162 g/mol. The Morgan fingerprint density at radius 1 is 1.31 bits per heavy atom. The van der Waals surface area contributed by atoms with E-state index in [1.54, 1.807) is 0 Å². The molecule has 1 saturated heterocycles. The van der Waals surface area contributed by atoms with E-state index in [0.29, 0.717) is 11.5 Å². The van der Waals surface area contributed by atoms with Gasteiger partial charge in [-0.2, -0.15) is 0 Å². The lowest BCUT2D eigenvalue weighted by atomic mass is 9.49. The minimum Gasteiger partial charge on any atom is -0.353 e. The summed E-state index contributed by atoms with van der Waals surface area (Å²) in [4.78, 5) is 11.5. The summed E-state index contributed by atoms with van der Waals surface area (Å²) in [7, 11) is 0. The molecule has 0 aromatic carbocycles. The SMILES string of the molecule is CC1NC(=O)C(C)C12CC(C)(C)C2. The van der Waals surface area contributed by atoms with Crippen LogP contribution in [0.5, 0.6) is 0 Å². The summed E-state index contributed by atoms with van der Waals surface area (Å²) in [5.41, 5.74) is 0.732. The standard InChI is InChI=1S/C11H19NO/c1-7-9(13)12-8(2)11(7)5-10(3,4)6-11/h7-8H,5-6H2,1-4H3,(H,12,13). The molecule has 2 heteroatoms. The van der Waals surface area contributed by atoms with Crippen LogP contribution in [0.2, 0.25) is 0 Å². The van der Waals surface area contributed by atoms with E-state index in [4.69, 9.17) is 0 Å². The largest absolute Gasteiger partial charge is 0.353 e. The van der Waals surface area contributed by atoms with Crippen LogP contribution in [0.3, 0.4) is 0 Å². The Bertz CT molecular complexity index is 249. The van der Waals surface area contributed by atoms with E-state index in [9.17, 15) is 4.79 Å². The van der Waals surface area contributed by atoms with Gasteiger partial charge in [-0.1, -0.05) is 20.8 Å². The highest BCUT2D eigenvalue weighted by Crippen LogP contribution is 2.61. The van der Waals surface area contributed by atoms with Crippen molar-refractivity contribution in [2.75, 3.05) is 0 Å². The lowest BCUT2D eigenvalue weighted by Crippen LogP contribution is -2.51. The molecule has 2 nitrogen and oxygen atoms in total. The van der Waals surface area contributed by atoms with Crippen LogP contribution in [0, 0.1) is 16.7 Å². The Labute approximate surface area is 80.1 Å². The first-order chi connectivity index (χ1) is 5.87. The van der Waals surface area contributed by atoms with Crippen LogP contribution in [-0.4, -0.2) is 11.9 Å². The zero-order valence-corrected chi connectivity index (χ0v) is 8.98. The van der Waals surface area contributed by atoms with Crippen molar-refractivity contribution in [3.8, 4) is 0 Å². The van der Waals surface area contributed by atoms with E-state index in [0.717, 1.165) is 0 Å². The summed E-state index contributed by atoms with van der Waals surface area (Å²) in [6, 6.07) is 0.378. The summed E-state index contributed by atoms with van der Waals surface area (Å²) in [6.45, 7) is 8.81. The Morgan fingerprint density at radius 2 is 1.85 bits per heavy atom. The molecule has 1 N–H and O–H groups in total. The van der Waals surface area contributed by atoms with Crippen LogP contribution in [0.4, 0.5) is 0 Å². The van der Waals surface area contributed by atoms with E-state index < -0.39 is 0 Å². The number of rotatable bonds is 0. The highest BCUT2D eigenvalue weighted by Gasteiger charge is 2.60. The fraction of sp³-hybridized carbons (Fsp3) is 0.909. The lowest BCUT2D eigenvalue weighted by molar-refractivity contribution is -0.126. The number of carbonyl (C=O) groups excluding carboxylic acids is 1. The van der Waals surface area contributed by atoms with Crippen molar-refractivity contribution in [2.24, 2.45) is 16.7 Å². The Hall–Kier alpha value is -0.530. The average Bonchev–Trinajstić information content (AvgIpc) is 2.13. The van der Waals surface area contributed by atoms with E-state index in [-0.39, 0.29) is 17.2 Å². The first-order valence-electron chi connectivity index (χ1n) is 5.18. The maximum Gasteiger partial charge on any atom is 0.223 e. The van der Waals surface area contributed by atoms with Gasteiger partial charge in [0.05, 0.1) is 0 Å². The van der Waals surface area contributed by atoms with Crippen molar-refractivity contribution in [1.29, 1.82) is 0 Å². The quantitative estimate of drug-likeness (QED) is 0.608. The molecule has 0 aromatic heterocycles. The van der Waals surface area contributed by atoms with Gasteiger partial charge >= 0.3 is 0 Å². The molecule has 1 heterocycles. The number of amides is 1. The molecule has 13 heavy (non-hydrogen) atoms. The second kappa shape index (κ2) is 2.28. The van der Waals surface area contributed by atoms with E-state index in [1.165, 1.54) is 12.8 Å². The third-order valence-corrected chi connectivity index (χ3v) is 4.09. The van der Waals surface area contributed by atoms with E-state index in [1.807, 2.05) is 0 Å². The summed E-state index contributed by atoms with van der Waals surface area (Å²) in [6.07, 6.45) is 2.39. The van der Waals surface area contributed by atoms with Crippen LogP contribution >= 0.6 is 0 Å². The van der Waals surface area contributed by atoms with Crippen molar-refractivity contribution in [2.45, 2.75) is 46.6 Å². The summed E-state index contributed by atoms with van der Waals surface area (Å²) < 4.78 is 0. The van der Waals surface area contributed by atoms with Crippen LogP contribution in [-0.2, 0) is 4.79 Å². The number of nitrogens with one attached hydrogen (secondary N) is 1. The molecule has 74 valence electrons. The molecule has 2 unspecified atom stereocenters. The summed E-state index contributed by atoms with van der Waals surface area (Å²) >= 11 is 0. The normalized spacial score (nSPS) is 40.2. The predicted molar refractivity (Wildman–Crippen MR) is 52.2 cm³/mol. The smallest absolute Gasteiger partial charge is 0.223 e. The predicted octanol–water partition coefficient (Wildman–Crippen LogP) is 1.95. The second-order valence-electron chi connectivity index (χ2n) is 5.70. The van der Waals surface area contributed by atoms with Crippen LogP contribution < -0.4 is 5.32 Å². The molecule has 1 aliphatic heterocycles. The highest BCUT2D eigenvalue weighted by molar-refractivity contribution is 5.82. The number of carbonyl (C=O) groups is 1. The van der Waals surface area contributed by atoms with Gasteiger partial charge in [-0.3, -0.25) is 4.79 Å². The Kier molecular flexibility index (Phi) is 1.59. The zero-order chi connectivity index (χ0) is 9.85. The maximum atomic E-state index is 11.5. The maximum absolute atomic E-state index is 11.5. The van der Waals surface area contributed by atoms with E-state index >= 15 is 0 Å². The summed E-state index contributed by atoms with van der Waals surface area (Å²) in [5, 5.41) is 3.06. The second-order valence-corrected chi connectivity index (χ2v) is 5.70. The van der Waals surface area contributed by atoms with Crippen molar-refractivity contribution in [3.63, 3.8) is 0 Å². The molecule has 2 atom stereocenters. The van der Waals surface area contributed by atoms with Gasteiger partial charge in [0.1, 0.15) is 0 Å². The van der Waals surface area contributed by atoms with Gasteiger partial charge in [0.2, 0.25) is 5.91 Å². The van der Waals surface area contributed by atoms with Gasteiger partial charge in [0, 0.05) is 17.4 Å². The minimum atomic E-state index is 0.218. The molecule has 2 fully saturated rings. The molecule has 1 saturated carbocycles. The minimum absolute atomic E-state index is 0.218. The zero-order valence-electron chi connectivity index (χ0n) is 8.98. The molecule has 2 rings (SSSR count). The Morgan fingerprint density at radius 3 is 2.15 bits per heavy atom. The first-order valence-corrected chi connectivity index (χ1v) is 5.18. The molecule has 0 aromatic rings. The van der Waals surface area contributed by atoms with E-state index in [2.05, 4.69) is 33.0 Å². The van der Waals surface area contributed by atoms with Gasteiger partial charge in [-0.05, 0) is 25.2 Å². The first kappa shape index (κ1) is 9.04. The Balaban J connectivity index is 2.21. The molecule has 0 radical (unpaired) electrons. The van der Waals surface area contributed by atoms with Crippen LogP contribution in [0.1, 0.15) is 40.5 Å². The molecule has 2 aliphatic rings. The van der Waals surface area contributed by atoms with Gasteiger partial charge in [-0.15, -0.1) is 0 Å². The fourth-order valence-electron chi connectivity index (χ4n) is 3.46. The van der Waals surface area contributed by atoms with Gasteiger partial charge in [0.25, 0.3) is 0 Å². The third-order valence-electron chi connectivity index (χ3n) is 4.09. The summed E-state index contributed by atoms with van der Waals surface area (Å²) in [5.74, 6) is 0.471. The van der Waals surface area contributed by atoms with Crippen molar-refractivity contribution >= 4 is 5.91 Å². The van der Waals surface area contributed by atoms with Gasteiger partial charge < -0.3 is 5.32 Å².